The fourth-order valence-electron chi connectivity index (χ4n) is 3.04. The lowest BCUT2D eigenvalue weighted by Gasteiger charge is -2.17. The second kappa shape index (κ2) is 10.9. The summed E-state index contributed by atoms with van der Waals surface area (Å²) < 4.78 is 25.0. The van der Waals surface area contributed by atoms with Gasteiger partial charge in [0.2, 0.25) is 0 Å². The lowest BCUT2D eigenvalue weighted by molar-refractivity contribution is -0.384. The van der Waals surface area contributed by atoms with Crippen molar-refractivity contribution in [2.75, 3.05) is 6.61 Å². The quantitative estimate of drug-likeness (QED) is 0.165. The van der Waals surface area contributed by atoms with E-state index in [1.807, 2.05) is 19.1 Å². The van der Waals surface area contributed by atoms with Crippen LogP contribution < -0.4 is 9.47 Å². The van der Waals surface area contributed by atoms with Crippen molar-refractivity contribution < 1.29 is 18.8 Å². The fourth-order valence-corrected chi connectivity index (χ4v) is 3.04. The van der Waals surface area contributed by atoms with Crippen LogP contribution in [-0.4, -0.2) is 17.7 Å². The van der Waals surface area contributed by atoms with Crippen molar-refractivity contribution in [2.45, 2.75) is 20.0 Å². The Morgan fingerprint density at radius 2 is 1.81 bits per heavy atom. The molecule has 0 amide bonds. The van der Waals surface area contributed by atoms with E-state index in [1.54, 1.807) is 36.6 Å². The van der Waals surface area contributed by atoms with E-state index in [0.717, 1.165) is 16.7 Å². The first kappa shape index (κ1) is 22.7. The van der Waals surface area contributed by atoms with Gasteiger partial charge in [-0.25, -0.2) is 4.39 Å². The summed E-state index contributed by atoms with van der Waals surface area (Å²) in [5.74, 6) is 0.871. The van der Waals surface area contributed by atoms with Gasteiger partial charge in [0.05, 0.1) is 17.2 Å². The SMILES string of the molecule is C=CCc1cc(C=Nc2ccc([N+](=O)[O-])cc2)cc(OCC)c1OCc1ccc(F)cc1. The first-order valence-electron chi connectivity index (χ1n) is 10.1. The van der Waals surface area contributed by atoms with Gasteiger partial charge in [-0.15, -0.1) is 6.58 Å². The second-order valence-electron chi connectivity index (χ2n) is 6.88. The molecule has 0 bridgehead atoms. The van der Waals surface area contributed by atoms with Gasteiger partial charge >= 0.3 is 0 Å². The monoisotopic (exact) mass is 434 g/mol. The molecule has 0 fully saturated rings. The van der Waals surface area contributed by atoms with Crippen LogP contribution in [0.2, 0.25) is 0 Å². The van der Waals surface area contributed by atoms with Crippen LogP contribution >= 0.6 is 0 Å². The molecular formula is C25H23FN2O4. The van der Waals surface area contributed by atoms with Crippen molar-refractivity contribution in [3.8, 4) is 11.5 Å². The summed E-state index contributed by atoms with van der Waals surface area (Å²) in [7, 11) is 0. The molecule has 0 aromatic heterocycles. The van der Waals surface area contributed by atoms with Crippen molar-refractivity contribution in [1.82, 2.24) is 0 Å². The minimum atomic E-state index is -0.450. The Kier molecular flexibility index (Phi) is 7.70. The lowest BCUT2D eigenvalue weighted by atomic mass is 10.1. The van der Waals surface area contributed by atoms with E-state index >= 15 is 0 Å². The fraction of sp³-hybridized carbons (Fsp3) is 0.160. The van der Waals surface area contributed by atoms with Crippen LogP contribution in [0.25, 0.3) is 0 Å². The van der Waals surface area contributed by atoms with Gasteiger partial charge in [0.15, 0.2) is 11.5 Å². The Hall–Kier alpha value is -4.00. The van der Waals surface area contributed by atoms with Crippen LogP contribution in [0.3, 0.4) is 0 Å². The molecule has 0 saturated heterocycles. The highest BCUT2D eigenvalue weighted by Gasteiger charge is 2.13. The lowest BCUT2D eigenvalue weighted by Crippen LogP contribution is -2.04. The molecule has 0 saturated carbocycles. The number of rotatable bonds is 10. The number of non-ortho nitro benzene ring substituents is 1. The predicted octanol–water partition coefficient (Wildman–Crippen LogP) is 6.19. The molecule has 0 heterocycles. The molecule has 3 rings (SSSR count). The zero-order chi connectivity index (χ0) is 22.9. The average molecular weight is 434 g/mol. The van der Waals surface area contributed by atoms with Crippen LogP contribution in [-0.2, 0) is 13.0 Å². The minimum Gasteiger partial charge on any atom is -0.490 e. The number of allylic oxidation sites excluding steroid dienone is 1. The van der Waals surface area contributed by atoms with E-state index in [4.69, 9.17) is 9.47 Å². The molecule has 6 nitrogen and oxygen atoms in total. The largest absolute Gasteiger partial charge is 0.490 e. The van der Waals surface area contributed by atoms with Gasteiger partial charge in [-0.3, -0.25) is 15.1 Å². The van der Waals surface area contributed by atoms with Crippen molar-refractivity contribution in [2.24, 2.45) is 4.99 Å². The van der Waals surface area contributed by atoms with E-state index in [-0.39, 0.29) is 18.1 Å². The summed E-state index contributed by atoms with van der Waals surface area (Å²) in [5, 5.41) is 10.8. The number of hydrogen-bond donors (Lipinski definition) is 0. The van der Waals surface area contributed by atoms with E-state index in [0.29, 0.717) is 30.2 Å². The highest BCUT2D eigenvalue weighted by molar-refractivity contribution is 5.84. The summed E-state index contributed by atoms with van der Waals surface area (Å²) in [5.41, 5.74) is 3.10. The number of hydrogen-bond acceptors (Lipinski definition) is 5. The highest BCUT2D eigenvalue weighted by Crippen LogP contribution is 2.34. The number of ether oxygens (including phenoxy) is 2. The van der Waals surface area contributed by atoms with E-state index in [9.17, 15) is 14.5 Å². The topological polar surface area (TPSA) is 74.0 Å². The molecule has 7 heteroatoms. The zero-order valence-electron chi connectivity index (χ0n) is 17.7. The molecule has 0 aliphatic rings. The Morgan fingerprint density at radius 3 is 2.44 bits per heavy atom. The third-order valence-corrected chi connectivity index (χ3v) is 4.54. The van der Waals surface area contributed by atoms with E-state index in [1.165, 1.54) is 24.3 Å². The molecule has 0 N–H and O–H groups in total. The Labute approximate surface area is 185 Å². The van der Waals surface area contributed by atoms with Gasteiger partial charge in [-0.05, 0) is 60.9 Å². The smallest absolute Gasteiger partial charge is 0.269 e. The maximum atomic E-state index is 13.2. The Morgan fingerprint density at radius 1 is 1.09 bits per heavy atom. The number of nitrogens with zero attached hydrogens (tertiary/aromatic N) is 2. The maximum Gasteiger partial charge on any atom is 0.269 e. The first-order valence-corrected chi connectivity index (χ1v) is 10.1. The van der Waals surface area contributed by atoms with Crippen molar-refractivity contribution in [1.29, 1.82) is 0 Å². The molecule has 32 heavy (non-hydrogen) atoms. The molecule has 0 atom stereocenters. The molecule has 0 spiro atoms. The van der Waals surface area contributed by atoms with Gasteiger partial charge < -0.3 is 9.47 Å². The molecule has 3 aromatic carbocycles. The van der Waals surface area contributed by atoms with Gasteiger partial charge in [0.25, 0.3) is 5.69 Å². The van der Waals surface area contributed by atoms with Gasteiger partial charge in [0.1, 0.15) is 12.4 Å². The normalized spacial score (nSPS) is 10.8. The van der Waals surface area contributed by atoms with E-state index in [2.05, 4.69) is 11.6 Å². The average Bonchev–Trinajstić information content (AvgIpc) is 2.79. The third kappa shape index (κ3) is 6.01. The summed E-state index contributed by atoms with van der Waals surface area (Å²) in [6, 6.07) is 15.9. The molecule has 0 aliphatic heterocycles. The highest BCUT2D eigenvalue weighted by atomic mass is 19.1. The van der Waals surface area contributed by atoms with Crippen LogP contribution in [0.5, 0.6) is 11.5 Å². The van der Waals surface area contributed by atoms with Crippen LogP contribution in [0.4, 0.5) is 15.8 Å². The predicted molar refractivity (Wildman–Crippen MR) is 123 cm³/mol. The van der Waals surface area contributed by atoms with E-state index < -0.39 is 4.92 Å². The number of benzene rings is 3. The first-order chi connectivity index (χ1) is 15.5. The number of aliphatic imine (C=N–C) groups is 1. The van der Waals surface area contributed by atoms with Gasteiger partial charge in [0, 0.05) is 23.9 Å². The van der Waals surface area contributed by atoms with Crippen LogP contribution in [0, 0.1) is 15.9 Å². The summed E-state index contributed by atoms with van der Waals surface area (Å²) in [6.45, 7) is 6.42. The molecule has 0 aliphatic carbocycles. The summed E-state index contributed by atoms with van der Waals surface area (Å²) in [4.78, 5) is 14.8. The number of halogens is 1. The minimum absolute atomic E-state index is 0.0125. The molecule has 0 radical (unpaired) electrons. The van der Waals surface area contributed by atoms with Gasteiger partial charge in [-0.1, -0.05) is 18.2 Å². The van der Waals surface area contributed by atoms with Crippen LogP contribution in [0.15, 0.2) is 78.3 Å². The van der Waals surface area contributed by atoms with Gasteiger partial charge in [-0.2, -0.15) is 0 Å². The molecule has 3 aromatic rings. The zero-order valence-corrected chi connectivity index (χ0v) is 17.7. The summed E-state index contributed by atoms with van der Waals surface area (Å²) in [6.07, 6.45) is 3.99. The Balaban J connectivity index is 1.87. The molecular weight excluding hydrogens is 411 g/mol. The molecule has 164 valence electrons. The van der Waals surface area contributed by atoms with Crippen molar-refractivity contribution >= 4 is 17.6 Å². The number of nitro groups is 1. The number of nitro benzene ring substituents is 1. The third-order valence-electron chi connectivity index (χ3n) is 4.54. The Bertz CT molecular complexity index is 1110. The molecule has 0 unspecified atom stereocenters. The standard InChI is InChI=1S/C25H23FN2O4/c1-3-5-20-14-19(16-27-22-10-12-23(13-11-22)28(29)30)15-24(31-4-2)25(20)32-17-18-6-8-21(26)9-7-18/h3,6-16H,1,4-5,17H2,2H3. The van der Waals surface area contributed by atoms with Crippen molar-refractivity contribution in [3.05, 3.63) is 106 Å². The van der Waals surface area contributed by atoms with Crippen molar-refractivity contribution in [3.63, 3.8) is 0 Å². The second-order valence-corrected chi connectivity index (χ2v) is 6.88. The summed E-state index contributed by atoms with van der Waals surface area (Å²) >= 11 is 0. The van der Waals surface area contributed by atoms with Crippen LogP contribution in [0.1, 0.15) is 23.6 Å². The maximum absolute atomic E-state index is 13.2.